The van der Waals surface area contributed by atoms with Crippen LogP contribution in [0, 0.1) is 20.8 Å². The molecule has 0 heterocycles. The van der Waals surface area contributed by atoms with E-state index in [0.717, 1.165) is 16.7 Å². The van der Waals surface area contributed by atoms with Crippen molar-refractivity contribution in [3.05, 3.63) is 70.3 Å². The van der Waals surface area contributed by atoms with Gasteiger partial charge in [-0.2, -0.15) is 0 Å². The van der Waals surface area contributed by atoms with Crippen molar-refractivity contribution in [2.24, 2.45) is 0 Å². The van der Waals surface area contributed by atoms with E-state index in [2.05, 4.69) is 0 Å². The maximum Gasteiger partial charge on any atom is 0.338 e. The highest BCUT2D eigenvalue weighted by atomic mass is 16.6. The second-order valence-electron chi connectivity index (χ2n) is 5.41. The van der Waals surface area contributed by atoms with Crippen LogP contribution < -0.4 is 0 Å². The van der Waals surface area contributed by atoms with Crippen LogP contribution in [-0.2, 0) is 9.47 Å². The van der Waals surface area contributed by atoms with E-state index in [4.69, 9.17) is 9.47 Å². The molecule has 0 bridgehead atoms. The van der Waals surface area contributed by atoms with E-state index >= 15 is 0 Å². The van der Waals surface area contributed by atoms with E-state index in [1.807, 2.05) is 45.0 Å². The van der Waals surface area contributed by atoms with E-state index in [1.54, 1.807) is 18.2 Å². The SMILES string of the molecule is Cc1ccc(C(=O)OCCOC(=O)c2ccccc2C)c(C)c1. The van der Waals surface area contributed by atoms with Gasteiger partial charge in [-0.25, -0.2) is 9.59 Å². The number of rotatable bonds is 5. The summed E-state index contributed by atoms with van der Waals surface area (Å²) in [5.41, 5.74) is 3.86. The Labute approximate surface area is 136 Å². The predicted octanol–water partition coefficient (Wildman–Crippen LogP) is 3.63. The molecule has 4 nitrogen and oxygen atoms in total. The van der Waals surface area contributed by atoms with Crippen molar-refractivity contribution in [3.8, 4) is 0 Å². The number of benzene rings is 2. The molecule has 120 valence electrons. The van der Waals surface area contributed by atoms with Gasteiger partial charge in [-0.05, 0) is 44.0 Å². The number of carbonyl (C=O) groups excluding carboxylic acids is 2. The quantitative estimate of drug-likeness (QED) is 0.625. The highest BCUT2D eigenvalue weighted by Gasteiger charge is 2.12. The minimum Gasteiger partial charge on any atom is -0.458 e. The third kappa shape index (κ3) is 4.42. The zero-order valence-corrected chi connectivity index (χ0v) is 13.6. The first kappa shape index (κ1) is 16.7. The molecule has 23 heavy (non-hydrogen) atoms. The Morgan fingerprint density at radius 3 is 1.91 bits per heavy atom. The standard InChI is InChI=1S/C19H20O4/c1-13-8-9-17(15(3)12-13)19(21)23-11-10-22-18(20)16-7-5-4-6-14(16)2/h4-9,12H,10-11H2,1-3H3. The lowest BCUT2D eigenvalue weighted by Crippen LogP contribution is -2.15. The fourth-order valence-electron chi connectivity index (χ4n) is 2.27. The summed E-state index contributed by atoms with van der Waals surface area (Å²) in [6.07, 6.45) is 0. The lowest BCUT2D eigenvalue weighted by atomic mass is 10.1. The second kappa shape index (κ2) is 7.58. The highest BCUT2D eigenvalue weighted by molar-refractivity contribution is 5.91. The number of carbonyl (C=O) groups is 2. The Morgan fingerprint density at radius 1 is 0.783 bits per heavy atom. The zero-order valence-electron chi connectivity index (χ0n) is 13.6. The van der Waals surface area contributed by atoms with E-state index in [9.17, 15) is 9.59 Å². The Hall–Kier alpha value is -2.62. The van der Waals surface area contributed by atoms with E-state index in [0.29, 0.717) is 11.1 Å². The van der Waals surface area contributed by atoms with Gasteiger partial charge in [0.2, 0.25) is 0 Å². The largest absolute Gasteiger partial charge is 0.458 e. The zero-order chi connectivity index (χ0) is 16.8. The van der Waals surface area contributed by atoms with Crippen molar-refractivity contribution in [3.63, 3.8) is 0 Å². The topological polar surface area (TPSA) is 52.6 Å². The predicted molar refractivity (Wildman–Crippen MR) is 87.7 cm³/mol. The van der Waals surface area contributed by atoms with Crippen LogP contribution in [0.15, 0.2) is 42.5 Å². The Morgan fingerprint density at radius 2 is 1.35 bits per heavy atom. The number of aryl methyl sites for hydroxylation is 3. The molecule has 2 aromatic rings. The Bertz CT molecular complexity index is 719. The van der Waals surface area contributed by atoms with Crippen molar-refractivity contribution in [1.29, 1.82) is 0 Å². The fraction of sp³-hybridized carbons (Fsp3) is 0.263. The summed E-state index contributed by atoms with van der Waals surface area (Å²) >= 11 is 0. The summed E-state index contributed by atoms with van der Waals surface area (Å²) in [4.78, 5) is 23.9. The van der Waals surface area contributed by atoms with Crippen LogP contribution in [0.4, 0.5) is 0 Å². The molecule has 0 saturated carbocycles. The van der Waals surface area contributed by atoms with E-state index in [1.165, 1.54) is 0 Å². The van der Waals surface area contributed by atoms with Gasteiger partial charge in [0, 0.05) is 0 Å². The van der Waals surface area contributed by atoms with Gasteiger partial charge in [0.1, 0.15) is 13.2 Å². The summed E-state index contributed by atoms with van der Waals surface area (Å²) in [5.74, 6) is -0.819. The molecule has 0 amide bonds. The molecular weight excluding hydrogens is 292 g/mol. The summed E-state index contributed by atoms with van der Waals surface area (Å²) in [6, 6.07) is 12.7. The van der Waals surface area contributed by atoms with Crippen LogP contribution in [0.25, 0.3) is 0 Å². The first-order valence-electron chi connectivity index (χ1n) is 7.46. The van der Waals surface area contributed by atoms with Gasteiger partial charge in [-0.1, -0.05) is 35.9 Å². The maximum atomic E-state index is 12.0. The maximum absolute atomic E-state index is 12.0. The molecule has 0 aliphatic rings. The van der Waals surface area contributed by atoms with Crippen molar-refractivity contribution >= 4 is 11.9 Å². The van der Waals surface area contributed by atoms with Crippen LogP contribution in [0.5, 0.6) is 0 Å². The minimum atomic E-state index is -0.411. The average Bonchev–Trinajstić information content (AvgIpc) is 2.51. The molecule has 0 aromatic heterocycles. The highest BCUT2D eigenvalue weighted by Crippen LogP contribution is 2.12. The van der Waals surface area contributed by atoms with E-state index < -0.39 is 11.9 Å². The lowest BCUT2D eigenvalue weighted by Gasteiger charge is -2.09. The molecule has 0 unspecified atom stereocenters. The molecule has 0 aliphatic heterocycles. The summed E-state index contributed by atoms with van der Waals surface area (Å²) in [5, 5.41) is 0. The summed E-state index contributed by atoms with van der Waals surface area (Å²) in [6.45, 7) is 5.74. The number of hydrogen-bond donors (Lipinski definition) is 0. The lowest BCUT2D eigenvalue weighted by molar-refractivity contribution is 0.0264. The fourth-order valence-corrected chi connectivity index (χ4v) is 2.27. The van der Waals surface area contributed by atoms with Crippen molar-refractivity contribution < 1.29 is 19.1 Å². The molecule has 2 aromatic carbocycles. The van der Waals surface area contributed by atoms with Crippen LogP contribution in [0.2, 0.25) is 0 Å². The Kier molecular flexibility index (Phi) is 5.52. The monoisotopic (exact) mass is 312 g/mol. The second-order valence-corrected chi connectivity index (χ2v) is 5.41. The minimum absolute atomic E-state index is 0.0315. The van der Waals surface area contributed by atoms with Gasteiger partial charge < -0.3 is 9.47 Å². The van der Waals surface area contributed by atoms with Crippen LogP contribution in [-0.4, -0.2) is 25.2 Å². The van der Waals surface area contributed by atoms with Crippen molar-refractivity contribution in [2.75, 3.05) is 13.2 Å². The third-order valence-electron chi connectivity index (χ3n) is 3.52. The Balaban J connectivity index is 1.82. The molecule has 0 saturated heterocycles. The molecule has 0 atom stereocenters. The molecule has 0 fully saturated rings. The average molecular weight is 312 g/mol. The van der Waals surface area contributed by atoms with Crippen molar-refractivity contribution in [1.82, 2.24) is 0 Å². The number of hydrogen-bond acceptors (Lipinski definition) is 4. The normalized spacial score (nSPS) is 10.2. The van der Waals surface area contributed by atoms with Crippen LogP contribution in [0.3, 0.4) is 0 Å². The molecule has 4 heteroatoms. The number of esters is 2. The summed E-state index contributed by atoms with van der Waals surface area (Å²) in [7, 11) is 0. The number of ether oxygens (including phenoxy) is 2. The molecule has 0 aliphatic carbocycles. The molecule has 0 spiro atoms. The van der Waals surface area contributed by atoms with Crippen LogP contribution in [0.1, 0.15) is 37.4 Å². The molecule has 0 radical (unpaired) electrons. The van der Waals surface area contributed by atoms with Crippen molar-refractivity contribution in [2.45, 2.75) is 20.8 Å². The van der Waals surface area contributed by atoms with Gasteiger partial charge in [-0.15, -0.1) is 0 Å². The van der Waals surface area contributed by atoms with Crippen LogP contribution >= 0.6 is 0 Å². The first-order valence-corrected chi connectivity index (χ1v) is 7.46. The molecule has 0 N–H and O–H groups in total. The van der Waals surface area contributed by atoms with Gasteiger partial charge >= 0.3 is 11.9 Å². The van der Waals surface area contributed by atoms with Gasteiger partial charge in [0.25, 0.3) is 0 Å². The van der Waals surface area contributed by atoms with Gasteiger partial charge in [-0.3, -0.25) is 0 Å². The molecule has 2 rings (SSSR count). The van der Waals surface area contributed by atoms with Gasteiger partial charge in [0.05, 0.1) is 11.1 Å². The first-order chi connectivity index (χ1) is 11.0. The van der Waals surface area contributed by atoms with E-state index in [-0.39, 0.29) is 13.2 Å². The smallest absolute Gasteiger partial charge is 0.338 e. The van der Waals surface area contributed by atoms with Gasteiger partial charge in [0.15, 0.2) is 0 Å². The molecular formula is C19H20O4. The summed E-state index contributed by atoms with van der Waals surface area (Å²) < 4.78 is 10.3. The third-order valence-corrected chi connectivity index (χ3v) is 3.52.